The molecule has 0 bridgehead atoms. The van der Waals surface area contributed by atoms with Gasteiger partial charge in [-0.2, -0.15) is 0 Å². The van der Waals surface area contributed by atoms with E-state index in [1.165, 1.54) is 19.2 Å². The highest BCUT2D eigenvalue weighted by atomic mass is 35.5. The van der Waals surface area contributed by atoms with Crippen molar-refractivity contribution in [3.63, 3.8) is 0 Å². The molecule has 21 heavy (non-hydrogen) atoms. The van der Waals surface area contributed by atoms with E-state index in [0.29, 0.717) is 18.1 Å². The van der Waals surface area contributed by atoms with E-state index in [9.17, 15) is 9.59 Å². The van der Waals surface area contributed by atoms with E-state index in [1.54, 1.807) is 6.92 Å². The van der Waals surface area contributed by atoms with Crippen molar-refractivity contribution in [2.24, 2.45) is 0 Å². The lowest BCUT2D eigenvalue weighted by atomic mass is 10.1. The maximum absolute atomic E-state index is 12.1. The quantitative estimate of drug-likeness (QED) is 0.806. The summed E-state index contributed by atoms with van der Waals surface area (Å²) in [5, 5.41) is 11.5. The number of aliphatic carboxylic acids is 1. The van der Waals surface area contributed by atoms with Gasteiger partial charge < -0.3 is 19.9 Å². The van der Waals surface area contributed by atoms with Crippen molar-refractivity contribution in [2.75, 3.05) is 13.7 Å². The number of methoxy groups -OCH3 is 1. The fourth-order valence-corrected chi connectivity index (χ4v) is 2.02. The molecule has 0 aromatic heterocycles. The summed E-state index contributed by atoms with van der Waals surface area (Å²) in [6, 6.07) is 2.46. The number of carboxylic acids is 1. The molecule has 0 saturated carbocycles. The van der Waals surface area contributed by atoms with Crippen LogP contribution in [-0.2, 0) is 4.79 Å². The Balaban J connectivity index is 2.95. The first kappa shape index (κ1) is 17.1. The van der Waals surface area contributed by atoms with Crippen LogP contribution >= 0.6 is 11.6 Å². The second-order valence-electron chi connectivity index (χ2n) is 4.39. The van der Waals surface area contributed by atoms with Crippen molar-refractivity contribution in [3.05, 3.63) is 22.7 Å². The summed E-state index contributed by atoms with van der Waals surface area (Å²) in [5.74, 6) is -0.686. The standard InChI is InChI=1S/C14H18ClNO5/c1-4-21-13-10(15)6-9(7-11(13)20-3)14(19)16-8(2)5-12(17)18/h6-8H,4-5H2,1-3H3,(H,16,19)(H,17,18). The zero-order chi connectivity index (χ0) is 16.0. The van der Waals surface area contributed by atoms with Gasteiger partial charge >= 0.3 is 5.97 Å². The van der Waals surface area contributed by atoms with Gasteiger partial charge in [-0.25, -0.2) is 0 Å². The molecule has 0 aliphatic rings. The van der Waals surface area contributed by atoms with Gasteiger partial charge in [0, 0.05) is 11.6 Å². The third-order valence-electron chi connectivity index (χ3n) is 2.64. The third-order valence-corrected chi connectivity index (χ3v) is 2.92. The summed E-state index contributed by atoms with van der Waals surface area (Å²) in [6.07, 6.45) is -0.159. The van der Waals surface area contributed by atoms with E-state index in [-0.39, 0.29) is 17.0 Å². The molecule has 0 heterocycles. The van der Waals surface area contributed by atoms with Crippen LogP contribution in [0.4, 0.5) is 0 Å². The van der Waals surface area contributed by atoms with Gasteiger partial charge in [-0.3, -0.25) is 9.59 Å². The van der Waals surface area contributed by atoms with Crippen LogP contribution in [0.1, 0.15) is 30.6 Å². The Morgan fingerprint density at radius 2 is 2.10 bits per heavy atom. The Morgan fingerprint density at radius 3 is 2.62 bits per heavy atom. The molecule has 1 aromatic carbocycles. The lowest BCUT2D eigenvalue weighted by molar-refractivity contribution is -0.137. The zero-order valence-corrected chi connectivity index (χ0v) is 12.9. The molecule has 1 unspecified atom stereocenters. The number of ether oxygens (including phenoxy) is 2. The van der Waals surface area contributed by atoms with Gasteiger partial charge in [-0.15, -0.1) is 0 Å². The van der Waals surface area contributed by atoms with Crippen LogP contribution in [0.5, 0.6) is 11.5 Å². The zero-order valence-electron chi connectivity index (χ0n) is 12.1. The Bertz CT molecular complexity index is 532. The molecule has 2 N–H and O–H groups in total. The number of carboxylic acid groups (broad SMARTS) is 1. The number of carbonyl (C=O) groups is 2. The maximum Gasteiger partial charge on any atom is 0.305 e. The highest BCUT2D eigenvalue weighted by Gasteiger charge is 2.17. The largest absolute Gasteiger partial charge is 0.493 e. The second-order valence-corrected chi connectivity index (χ2v) is 4.80. The normalized spacial score (nSPS) is 11.6. The van der Waals surface area contributed by atoms with Crippen LogP contribution in [-0.4, -0.2) is 36.7 Å². The molecule has 0 fully saturated rings. The Kier molecular flexibility index (Phi) is 6.30. The fraction of sp³-hybridized carbons (Fsp3) is 0.429. The minimum absolute atomic E-state index is 0.159. The molecular weight excluding hydrogens is 298 g/mol. The summed E-state index contributed by atoms with van der Waals surface area (Å²) < 4.78 is 10.5. The molecule has 0 aliphatic heterocycles. The van der Waals surface area contributed by atoms with Crippen molar-refractivity contribution in [1.82, 2.24) is 5.32 Å². The number of benzene rings is 1. The van der Waals surface area contributed by atoms with E-state index < -0.39 is 17.9 Å². The van der Waals surface area contributed by atoms with Gasteiger partial charge in [0.05, 0.1) is 25.2 Å². The third kappa shape index (κ3) is 4.82. The number of hydrogen-bond acceptors (Lipinski definition) is 4. The van der Waals surface area contributed by atoms with Crippen LogP contribution in [0.15, 0.2) is 12.1 Å². The number of rotatable bonds is 7. The van der Waals surface area contributed by atoms with Crippen molar-refractivity contribution >= 4 is 23.5 Å². The predicted molar refractivity (Wildman–Crippen MR) is 78.4 cm³/mol. The Labute approximate surface area is 128 Å². The fourth-order valence-electron chi connectivity index (χ4n) is 1.76. The average Bonchev–Trinajstić information content (AvgIpc) is 2.39. The second kappa shape index (κ2) is 7.73. The number of amides is 1. The minimum atomic E-state index is -0.981. The summed E-state index contributed by atoms with van der Waals surface area (Å²) >= 11 is 6.08. The van der Waals surface area contributed by atoms with E-state index in [4.69, 9.17) is 26.2 Å². The van der Waals surface area contributed by atoms with Crippen LogP contribution in [0.25, 0.3) is 0 Å². The number of carbonyl (C=O) groups excluding carboxylic acids is 1. The van der Waals surface area contributed by atoms with E-state index in [1.807, 2.05) is 6.92 Å². The Hall–Kier alpha value is -1.95. The predicted octanol–water partition coefficient (Wildman–Crippen LogP) is 2.34. The lowest BCUT2D eigenvalue weighted by Gasteiger charge is -2.15. The van der Waals surface area contributed by atoms with Gasteiger partial charge in [0.15, 0.2) is 11.5 Å². The summed E-state index contributed by atoms with van der Waals surface area (Å²) in [6.45, 7) is 3.83. The van der Waals surface area contributed by atoms with Crippen molar-refractivity contribution < 1.29 is 24.2 Å². The maximum atomic E-state index is 12.1. The van der Waals surface area contributed by atoms with Crippen LogP contribution in [0.2, 0.25) is 5.02 Å². The van der Waals surface area contributed by atoms with Gasteiger partial charge in [0.2, 0.25) is 0 Å². The summed E-state index contributed by atoms with van der Waals surface area (Å²) in [4.78, 5) is 22.7. The van der Waals surface area contributed by atoms with Crippen molar-refractivity contribution in [2.45, 2.75) is 26.3 Å². The molecule has 116 valence electrons. The lowest BCUT2D eigenvalue weighted by Crippen LogP contribution is -2.34. The first-order valence-electron chi connectivity index (χ1n) is 6.42. The van der Waals surface area contributed by atoms with Gasteiger partial charge in [-0.05, 0) is 26.0 Å². The molecule has 1 aromatic rings. The van der Waals surface area contributed by atoms with Gasteiger partial charge in [0.1, 0.15) is 0 Å². The SMILES string of the molecule is CCOc1c(Cl)cc(C(=O)NC(C)CC(=O)O)cc1OC. The van der Waals surface area contributed by atoms with E-state index in [2.05, 4.69) is 5.32 Å². The molecular formula is C14H18ClNO5. The van der Waals surface area contributed by atoms with Gasteiger partial charge in [0.25, 0.3) is 5.91 Å². The van der Waals surface area contributed by atoms with Gasteiger partial charge in [-0.1, -0.05) is 11.6 Å². The Morgan fingerprint density at radius 1 is 1.43 bits per heavy atom. The van der Waals surface area contributed by atoms with Crippen LogP contribution in [0.3, 0.4) is 0 Å². The number of hydrogen-bond donors (Lipinski definition) is 2. The molecule has 7 heteroatoms. The molecule has 0 aliphatic carbocycles. The molecule has 6 nitrogen and oxygen atoms in total. The first-order valence-corrected chi connectivity index (χ1v) is 6.79. The van der Waals surface area contributed by atoms with Crippen LogP contribution in [0, 0.1) is 0 Å². The minimum Gasteiger partial charge on any atom is -0.493 e. The molecule has 0 spiro atoms. The molecule has 1 rings (SSSR count). The smallest absolute Gasteiger partial charge is 0.305 e. The van der Waals surface area contributed by atoms with E-state index >= 15 is 0 Å². The summed E-state index contributed by atoms with van der Waals surface area (Å²) in [7, 11) is 1.45. The highest BCUT2D eigenvalue weighted by molar-refractivity contribution is 6.32. The topological polar surface area (TPSA) is 84.9 Å². The first-order chi connectivity index (χ1) is 9.88. The molecule has 1 amide bonds. The van der Waals surface area contributed by atoms with Crippen molar-refractivity contribution in [3.8, 4) is 11.5 Å². The highest BCUT2D eigenvalue weighted by Crippen LogP contribution is 2.36. The monoisotopic (exact) mass is 315 g/mol. The van der Waals surface area contributed by atoms with Crippen molar-refractivity contribution in [1.29, 1.82) is 0 Å². The summed E-state index contributed by atoms with van der Waals surface area (Å²) in [5.41, 5.74) is 0.276. The number of nitrogens with one attached hydrogen (secondary N) is 1. The van der Waals surface area contributed by atoms with Crippen LogP contribution < -0.4 is 14.8 Å². The van der Waals surface area contributed by atoms with E-state index in [0.717, 1.165) is 0 Å². The molecule has 0 saturated heterocycles. The molecule has 1 atom stereocenters. The number of halogens is 1. The average molecular weight is 316 g/mol. The molecule has 0 radical (unpaired) electrons.